The lowest BCUT2D eigenvalue weighted by atomic mass is 10.1. The van der Waals surface area contributed by atoms with Crippen LogP contribution in [0.2, 0.25) is 0 Å². The van der Waals surface area contributed by atoms with E-state index in [2.05, 4.69) is 5.32 Å². The maximum absolute atomic E-state index is 12.4. The van der Waals surface area contributed by atoms with Crippen molar-refractivity contribution in [2.24, 2.45) is 5.92 Å². The highest BCUT2D eigenvalue weighted by Gasteiger charge is 2.34. The van der Waals surface area contributed by atoms with Gasteiger partial charge in [0.15, 0.2) is 0 Å². The largest absolute Gasteiger partial charge is 0.467 e. The number of rotatable bonds is 5. The number of carbonyl (C=O) groups is 2. The molecule has 2 amide bonds. The Kier molecular flexibility index (Phi) is 4.71. The second kappa shape index (κ2) is 6.91. The van der Waals surface area contributed by atoms with Crippen LogP contribution in [0.15, 0.2) is 52.0 Å². The zero-order chi connectivity index (χ0) is 16.2. The Hall–Kier alpha value is -2.21. The minimum atomic E-state index is -0.324. The molecule has 0 aliphatic carbocycles. The van der Waals surface area contributed by atoms with E-state index < -0.39 is 0 Å². The summed E-state index contributed by atoms with van der Waals surface area (Å²) in [5.41, 5.74) is 0.763. The van der Waals surface area contributed by atoms with Crippen molar-refractivity contribution in [1.29, 1.82) is 0 Å². The van der Waals surface area contributed by atoms with Crippen molar-refractivity contribution in [3.05, 3.63) is 48.4 Å². The molecule has 2 aromatic rings. The van der Waals surface area contributed by atoms with Crippen LogP contribution >= 0.6 is 11.8 Å². The van der Waals surface area contributed by atoms with Crippen LogP contribution < -0.4 is 5.32 Å². The molecule has 1 atom stereocenters. The van der Waals surface area contributed by atoms with Gasteiger partial charge in [-0.3, -0.25) is 9.59 Å². The molecule has 120 valence electrons. The van der Waals surface area contributed by atoms with E-state index in [0.717, 1.165) is 16.3 Å². The molecule has 3 rings (SSSR count). The molecule has 1 aromatic heterocycles. The molecule has 5 nitrogen and oxygen atoms in total. The summed E-state index contributed by atoms with van der Waals surface area (Å²) in [6.45, 7) is 0.838. The Morgan fingerprint density at radius 1 is 1.39 bits per heavy atom. The summed E-state index contributed by atoms with van der Waals surface area (Å²) < 4.78 is 5.26. The van der Waals surface area contributed by atoms with Crippen LogP contribution in [0.5, 0.6) is 0 Å². The van der Waals surface area contributed by atoms with Crippen LogP contribution in [0.4, 0.5) is 5.69 Å². The molecular formula is C17H18N2O3S. The monoisotopic (exact) mass is 330 g/mol. The van der Waals surface area contributed by atoms with Gasteiger partial charge in [0.1, 0.15) is 5.76 Å². The molecule has 23 heavy (non-hydrogen) atoms. The van der Waals surface area contributed by atoms with E-state index in [9.17, 15) is 9.59 Å². The third kappa shape index (κ3) is 3.76. The number of thioether (sulfide) groups is 1. The van der Waals surface area contributed by atoms with Gasteiger partial charge in [-0.2, -0.15) is 0 Å². The lowest BCUT2D eigenvalue weighted by Crippen LogP contribution is -2.27. The van der Waals surface area contributed by atoms with Gasteiger partial charge >= 0.3 is 0 Å². The number of nitrogens with one attached hydrogen (secondary N) is 1. The third-order valence-corrected chi connectivity index (χ3v) is 4.57. The number of hydrogen-bond donors (Lipinski definition) is 1. The van der Waals surface area contributed by atoms with Crippen molar-refractivity contribution in [3.8, 4) is 0 Å². The van der Waals surface area contributed by atoms with Crippen LogP contribution in [-0.2, 0) is 16.1 Å². The maximum Gasteiger partial charge on any atom is 0.229 e. The van der Waals surface area contributed by atoms with Crippen molar-refractivity contribution in [2.75, 3.05) is 18.1 Å². The maximum atomic E-state index is 12.4. The summed E-state index contributed by atoms with van der Waals surface area (Å²) in [6, 6.07) is 11.3. The van der Waals surface area contributed by atoms with Gasteiger partial charge in [-0.05, 0) is 36.6 Å². The predicted molar refractivity (Wildman–Crippen MR) is 89.1 cm³/mol. The van der Waals surface area contributed by atoms with E-state index in [1.165, 1.54) is 0 Å². The SMILES string of the molecule is CSc1cccc(NC(=O)C2CC(=O)N(Cc3ccco3)C2)c1. The smallest absolute Gasteiger partial charge is 0.229 e. The van der Waals surface area contributed by atoms with Crippen LogP contribution in [0.1, 0.15) is 12.2 Å². The number of benzene rings is 1. The van der Waals surface area contributed by atoms with Gasteiger partial charge in [-0.25, -0.2) is 0 Å². The van der Waals surface area contributed by atoms with Gasteiger partial charge in [-0.15, -0.1) is 11.8 Å². The zero-order valence-corrected chi connectivity index (χ0v) is 13.6. The first-order chi connectivity index (χ1) is 11.2. The molecule has 1 aliphatic rings. The summed E-state index contributed by atoms with van der Waals surface area (Å²) in [5, 5.41) is 2.90. The van der Waals surface area contributed by atoms with Gasteiger partial charge < -0.3 is 14.6 Å². The normalized spacial score (nSPS) is 17.5. The number of likely N-dealkylation sites (tertiary alicyclic amines) is 1. The summed E-state index contributed by atoms with van der Waals surface area (Å²) in [4.78, 5) is 27.2. The molecule has 2 heterocycles. The third-order valence-electron chi connectivity index (χ3n) is 3.85. The van der Waals surface area contributed by atoms with Crippen LogP contribution in [0, 0.1) is 5.92 Å². The minimum Gasteiger partial charge on any atom is -0.467 e. The lowest BCUT2D eigenvalue weighted by Gasteiger charge is -2.15. The van der Waals surface area contributed by atoms with E-state index in [4.69, 9.17) is 4.42 Å². The van der Waals surface area contributed by atoms with Crippen molar-refractivity contribution >= 4 is 29.3 Å². The lowest BCUT2D eigenvalue weighted by molar-refractivity contribution is -0.128. The van der Waals surface area contributed by atoms with Crippen LogP contribution in [0.25, 0.3) is 0 Å². The molecule has 1 unspecified atom stereocenters. The van der Waals surface area contributed by atoms with Gasteiger partial charge in [0.05, 0.1) is 18.7 Å². The average Bonchev–Trinajstić information content (AvgIpc) is 3.18. The van der Waals surface area contributed by atoms with Gasteiger partial charge in [0.2, 0.25) is 11.8 Å². The Labute approximate surface area is 139 Å². The van der Waals surface area contributed by atoms with Crippen molar-refractivity contribution in [3.63, 3.8) is 0 Å². The van der Waals surface area contributed by atoms with Crippen LogP contribution in [-0.4, -0.2) is 29.5 Å². The Balaban J connectivity index is 1.61. The average molecular weight is 330 g/mol. The van der Waals surface area contributed by atoms with E-state index in [1.54, 1.807) is 29.0 Å². The molecule has 0 spiro atoms. The highest BCUT2D eigenvalue weighted by Crippen LogP contribution is 2.23. The fraction of sp³-hybridized carbons (Fsp3) is 0.294. The van der Waals surface area contributed by atoms with Gasteiger partial charge in [-0.1, -0.05) is 6.07 Å². The van der Waals surface area contributed by atoms with Crippen LogP contribution in [0.3, 0.4) is 0 Å². The van der Waals surface area contributed by atoms with Crippen molar-refractivity contribution < 1.29 is 14.0 Å². The molecule has 6 heteroatoms. The topological polar surface area (TPSA) is 62.6 Å². The second-order valence-corrected chi connectivity index (χ2v) is 6.36. The number of anilines is 1. The van der Waals surface area contributed by atoms with Gasteiger partial charge in [0.25, 0.3) is 0 Å². The first-order valence-electron chi connectivity index (χ1n) is 7.41. The molecule has 0 radical (unpaired) electrons. The summed E-state index contributed by atoms with van der Waals surface area (Å²) >= 11 is 1.62. The predicted octanol–water partition coefficient (Wildman–Crippen LogP) is 2.99. The fourth-order valence-electron chi connectivity index (χ4n) is 2.64. The van der Waals surface area contributed by atoms with Crippen molar-refractivity contribution in [2.45, 2.75) is 17.9 Å². The van der Waals surface area contributed by atoms with Crippen molar-refractivity contribution in [1.82, 2.24) is 4.90 Å². The Morgan fingerprint density at radius 3 is 3.00 bits per heavy atom. The summed E-state index contributed by atoms with van der Waals surface area (Å²) in [5.74, 6) is 0.278. The van der Waals surface area contributed by atoms with E-state index in [-0.39, 0.29) is 24.2 Å². The molecular weight excluding hydrogens is 312 g/mol. The number of furan rings is 1. The molecule has 1 aromatic carbocycles. The fourth-order valence-corrected chi connectivity index (χ4v) is 3.10. The zero-order valence-electron chi connectivity index (χ0n) is 12.8. The van der Waals surface area contributed by atoms with E-state index >= 15 is 0 Å². The standard InChI is InChI=1S/C17H18N2O3S/c1-23-15-6-2-4-13(9-15)18-17(21)12-8-16(20)19(10-12)11-14-5-3-7-22-14/h2-7,9,12H,8,10-11H2,1H3,(H,18,21). The number of nitrogens with zero attached hydrogens (tertiary/aromatic N) is 1. The van der Waals surface area contributed by atoms with Gasteiger partial charge in [0, 0.05) is 23.5 Å². The molecule has 1 N–H and O–H groups in total. The van der Waals surface area contributed by atoms with E-state index in [0.29, 0.717) is 13.1 Å². The number of amides is 2. The summed E-state index contributed by atoms with van der Waals surface area (Å²) in [7, 11) is 0. The Morgan fingerprint density at radius 2 is 2.26 bits per heavy atom. The first kappa shape index (κ1) is 15.7. The Bertz CT molecular complexity index is 700. The second-order valence-electron chi connectivity index (χ2n) is 5.48. The minimum absolute atomic E-state index is 0.0144. The molecule has 1 saturated heterocycles. The number of hydrogen-bond acceptors (Lipinski definition) is 4. The molecule has 0 bridgehead atoms. The molecule has 1 aliphatic heterocycles. The highest BCUT2D eigenvalue weighted by molar-refractivity contribution is 7.98. The highest BCUT2D eigenvalue weighted by atomic mass is 32.2. The summed E-state index contributed by atoms with van der Waals surface area (Å²) in [6.07, 6.45) is 3.82. The first-order valence-corrected chi connectivity index (χ1v) is 8.63. The number of carbonyl (C=O) groups excluding carboxylic acids is 2. The molecule has 1 fully saturated rings. The quantitative estimate of drug-likeness (QED) is 0.856. The van der Waals surface area contributed by atoms with E-state index in [1.807, 2.05) is 36.6 Å². The molecule has 0 saturated carbocycles.